The summed E-state index contributed by atoms with van der Waals surface area (Å²) in [6.07, 6.45) is 0.872. The van der Waals surface area contributed by atoms with Crippen LogP contribution in [0, 0.1) is 6.92 Å². The van der Waals surface area contributed by atoms with E-state index < -0.39 is 0 Å². The highest BCUT2D eigenvalue weighted by Crippen LogP contribution is 2.30. The van der Waals surface area contributed by atoms with Crippen molar-refractivity contribution in [2.45, 2.75) is 20.3 Å². The molecule has 33 heavy (non-hydrogen) atoms. The number of anilines is 3. The zero-order chi connectivity index (χ0) is 23.2. The summed E-state index contributed by atoms with van der Waals surface area (Å²) in [5.74, 6) is -0.282. The van der Waals surface area contributed by atoms with E-state index in [2.05, 4.69) is 51.6 Å². The third-order valence-electron chi connectivity index (χ3n) is 5.86. The van der Waals surface area contributed by atoms with Gasteiger partial charge >= 0.3 is 0 Å². The fourth-order valence-electron chi connectivity index (χ4n) is 4.09. The molecule has 1 saturated heterocycles. The summed E-state index contributed by atoms with van der Waals surface area (Å²) in [7, 11) is 0. The lowest BCUT2D eigenvalue weighted by Gasteiger charge is -2.38. The Bertz CT molecular complexity index is 1110. The van der Waals surface area contributed by atoms with Crippen LogP contribution in [0.1, 0.15) is 38.9 Å². The van der Waals surface area contributed by atoms with Gasteiger partial charge in [-0.25, -0.2) is 0 Å². The summed E-state index contributed by atoms with van der Waals surface area (Å²) in [4.78, 5) is 30.7. The van der Waals surface area contributed by atoms with Crippen LogP contribution in [0.15, 0.2) is 60.0 Å². The van der Waals surface area contributed by atoms with Crippen LogP contribution in [0.2, 0.25) is 0 Å². The number of piperazine rings is 1. The van der Waals surface area contributed by atoms with Gasteiger partial charge in [0.15, 0.2) is 0 Å². The van der Waals surface area contributed by atoms with E-state index in [4.69, 9.17) is 0 Å². The second kappa shape index (κ2) is 10.5. The van der Waals surface area contributed by atoms with Crippen LogP contribution in [0.25, 0.3) is 0 Å². The van der Waals surface area contributed by atoms with Gasteiger partial charge in [-0.1, -0.05) is 31.2 Å². The molecule has 1 fully saturated rings. The van der Waals surface area contributed by atoms with Crippen LogP contribution in [-0.4, -0.2) is 44.5 Å². The maximum atomic E-state index is 12.8. The maximum Gasteiger partial charge on any atom is 0.265 e. The minimum atomic E-state index is -0.157. The highest BCUT2D eigenvalue weighted by atomic mass is 32.1. The predicted molar refractivity (Wildman–Crippen MR) is 137 cm³/mol. The largest absolute Gasteiger partial charge is 0.368 e. The fraction of sp³-hybridized carbons (Fsp3) is 0.308. The SMILES string of the molecule is CCCNC(=O)c1ccc(N2CCN(c3ccccc3C)CC2)c(NC(=O)c2cccs2)c1. The third kappa shape index (κ3) is 5.37. The summed E-state index contributed by atoms with van der Waals surface area (Å²) in [5.41, 5.74) is 4.70. The number of para-hydroxylation sites is 1. The van der Waals surface area contributed by atoms with Gasteiger partial charge in [0.05, 0.1) is 16.3 Å². The molecule has 7 heteroatoms. The number of carbonyl (C=O) groups excluding carboxylic acids is 2. The van der Waals surface area contributed by atoms with Crippen LogP contribution in [0.3, 0.4) is 0 Å². The Kier molecular flexibility index (Phi) is 7.29. The number of aryl methyl sites for hydroxylation is 1. The van der Waals surface area contributed by atoms with E-state index in [-0.39, 0.29) is 11.8 Å². The van der Waals surface area contributed by atoms with Crippen molar-refractivity contribution in [2.24, 2.45) is 0 Å². The van der Waals surface area contributed by atoms with E-state index in [1.165, 1.54) is 22.6 Å². The van der Waals surface area contributed by atoms with Crippen molar-refractivity contribution in [2.75, 3.05) is 47.8 Å². The first-order valence-electron chi connectivity index (χ1n) is 11.4. The van der Waals surface area contributed by atoms with Crippen molar-refractivity contribution in [3.63, 3.8) is 0 Å². The number of nitrogens with zero attached hydrogens (tertiary/aromatic N) is 2. The Balaban J connectivity index is 1.55. The Morgan fingerprint density at radius 2 is 1.64 bits per heavy atom. The highest BCUT2D eigenvalue weighted by molar-refractivity contribution is 7.12. The van der Waals surface area contributed by atoms with Crippen molar-refractivity contribution in [3.8, 4) is 0 Å². The molecule has 1 aromatic heterocycles. The summed E-state index contributed by atoms with van der Waals surface area (Å²) >= 11 is 1.40. The average molecular weight is 463 g/mol. The van der Waals surface area contributed by atoms with Crippen LogP contribution >= 0.6 is 11.3 Å². The molecular formula is C26H30N4O2S. The average Bonchev–Trinajstić information content (AvgIpc) is 3.38. The predicted octanol–water partition coefficient (Wildman–Crippen LogP) is 4.78. The molecule has 1 aliphatic rings. The summed E-state index contributed by atoms with van der Waals surface area (Å²) < 4.78 is 0. The molecule has 0 spiro atoms. The van der Waals surface area contributed by atoms with E-state index in [9.17, 15) is 9.59 Å². The van der Waals surface area contributed by atoms with Crippen LogP contribution in [0.4, 0.5) is 17.1 Å². The number of amides is 2. The zero-order valence-corrected chi connectivity index (χ0v) is 20.0. The monoisotopic (exact) mass is 462 g/mol. The molecule has 0 bridgehead atoms. The van der Waals surface area contributed by atoms with Crippen molar-refractivity contribution >= 4 is 40.2 Å². The molecule has 0 radical (unpaired) electrons. The van der Waals surface area contributed by atoms with Gasteiger partial charge < -0.3 is 20.4 Å². The lowest BCUT2D eigenvalue weighted by Crippen LogP contribution is -2.47. The lowest BCUT2D eigenvalue weighted by molar-refractivity contribution is 0.0952. The lowest BCUT2D eigenvalue weighted by atomic mass is 10.1. The van der Waals surface area contributed by atoms with Gasteiger partial charge in [0.1, 0.15) is 0 Å². The Morgan fingerprint density at radius 1 is 0.909 bits per heavy atom. The van der Waals surface area contributed by atoms with Gasteiger partial charge in [0.2, 0.25) is 0 Å². The molecule has 4 rings (SSSR count). The molecule has 1 aliphatic heterocycles. The van der Waals surface area contributed by atoms with E-state index in [1.807, 2.05) is 30.5 Å². The number of hydrogen-bond donors (Lipinski definition) is 2. The second-order valence-corrected chi connectivity index (χ2v) is 9.13. The molecule has 172 valence electrons. The number of hydrogen-bond acceptors (Lipinski definition) is 5. The summed E-state index contributed by atoms with van der Waals surface area (Å²) in [5, 5.41) is 7.85. The first kappa shape index (κ1) is 22.9. The second-order valence-electron chi connectivity index (χ2n) is 8.18. The molecule has 0 saturated carbocycles. The van der Waals surface area contributed by atoms with Crippen molar-refractivity contribution in [3.05, 3.63) is 76.0 Å². The standard InChI is InChI=1S/C26H30N4O2S/c1-3-12-27-25(31)20-10-11-23(21(18-20)28-26(32)24-9-6-17-33-24)30-15-13-29(14-16-30)22-8-5-4-7-19(22)2/h4-11,17-18H,3,12-16H2,1-2H3,(H,27,31)(H,28,32). The van der Waals surface area contributed by atoms with Crippen molar-refractivity contribution in [1.82, 2.24) is 5.32 Å². The molecule has 2 aromatic carbocycles. The molecule has 0 aliphatic carbocycles. The fourth-order valence-corrected chi connectivity index (χ4v) is 4.71. The van der Waals surface area contributed by atoms with Gasteiger partial charge in [0.25, 0.3) is 11.8 Å². The van der Waals surface area contributed by atoms with E-state index in [0.29, 0.717) is 22.7 Å². The van der Waals surface area contributed by atoms with E-state index in [1.54, 1.807) is 12.1 Å². The van der Waals surface area contributed by atoms with E-state index in [0.717, 1.165) is 38.3 Å². The quantitative estimate of drug-likeness (QED) is 0.531. The smallest absolute Gasteiger partial charge is 0.265 e. The van der Waals surface area contributed by atoms with Crippen molar-refractivity contribution in [1.29, 1.82) is 0 Å². The Hall–Kier alpha value is -3.32. The molecule has 0 unspecified atom stereocenters. The molecule has 2 N–H and O–H groups in total. The number of nitrogens with one attached hydrogen (secondary N) is 2. The molecule has 2 heterocycles. The van der Waals surface area contributed by atoms with Gasteiger partial charge in [-0.15, -0.1) is 11.3 Å². The topological polar surface area (TPSA) is 64.7 Å². The molecule has 0 atom stereocenters. The van der Waals surface area contributed by atoms with Crippen LogP contribution in [0.5, 0.6) is 0 Å². The maximum absolute atomic E-state index is 12.8. The van der Waals surface area contributed by atoms with Crippen molar-refractivity contribution < 1.29 is 9.59 Å². The summed E-state index contributed by atoms with van der Waals surface area (Å²) in [6, 6.07) is 17.7. The third-order valence-corrected chi connectivity index (χ3v) is 6.73. The van der Waals surface area contributed by atoms with Gasteiger partial charge in [-0.3, -0.25) is 9.59 Å². The molecule has 6 nitrogen and oxygen atoms in total. The summed E-state index contributed by atoms with van der Waals surface area (Å²) in [6.45, 7) is 8.23. The first-order chi connectivity index (χ1) is 16.1. The minimum Gasteiger partial charge on any atom is -0.368 e. The number of thiophene rings is 1. The Morgan fingerprint density at radius 3 is 2.30 bits per heavy atom. The highest BCUT2D eigenvalue weighted by Gasteiger charge is 2.22. The van der Waals surface area contributed by atoms with E-state index >= 15 is 0 Å². The number of carbonyl (C=O) groups is 2. The van der Waals surface area contributed by atoms with Gasteiger partial charge in [-0.05, 0) is 54.6 Å². The molecule has 2 amide bonds. The van der Waals surface area contributed by atoms with Gasteiger partial charge in [-0.2, -0.15) is 0 Å². The number of rotatable bonds is 7. The molecule has 3 aromatic rings. The number of benzene rings is 2. The normalized spacial score (nSPS) is 13.6. The van der Waals surface area contributed by atoms with Gasteiger partial charge in [0, 0.05) is 44.0 Å². The minimum absolute atomic E-state index is 0.126. The van der Waals surface area contributed by atoms with Crippen LogP contribution < -0.4 is 20.4 Å². The van der Waals surface area contributed by atoms with Crippen LogP contribution in [-0.2, 0) is 0 Å². The Labute approximate surface area is 199 Å². The zero-order valence-electron chi connectivity index (χ0n) is 19.1. The first-order valence-corrected chi connectivity index (χ1v) is 12.3. The molecular weight excluding hydrogens is 432 g/mol.